The Morgan fingerprint density at radius 3 is 2.72 bits per heavy atom. The number of hydrogen-bond acceptors (Lipinski definition) is 4. The standard InChI is InChI=1S/C13H21N3O2/c1-9(2)18-7-6-16-12-5-4-10(8-11(12)14)13(17)15-3/h4-5,8-9,16H,6-7,14H2,1-3H3,(H,15,17). The monoisotopic (exact) mass is 251 g/mol. The Labute approximate surface area is 108 Å². The maximum atomic E-state index is 11.4. The second-order valence-corrected chi connectivity index (χ2v) is 4.23. The van der Waals surface area contributed by atoms with Gasteiger partial charge in [-0.25, -0.2) is 0 Å². The zero-order valence-corrected chi connectivity index (χ0v) is 11.1. The number of carbonyl (C=O) groups is 1. The predicted molar refractivity (Wildman–Crippen MR) is 73.8 cm³/mol. The molecule has 0 saturated heterocycles. The minimum absolute atomic E-state index is 0.142. The van der Waals surface area contributed by atoms with E-state index >= 15 is 0 Å². The van der Waals surface area contributed by atoms with E-state index in [4.69, 9.17) is 10.5 Å². The van der Waals surface area contributed by atoms with Crippen molar-refractivity contribution in [3.63, 3.8) is 0 Å². The third kappa shape index (κ3) is 4.25. The van der Waals surface area contributed by atoms with Crippen molar-refractivity contribution in [1.29, 1.82) is 0 Å². The number of benzene rings is 1. The molecule has 5 nitrogen and oxygen atoms in total. The molecule has 0 heterocycles. The fourth-order valence-electron chi connectivity index (χ4n) is 1.49. The summed E-state index contributed by atoms with van der Waals surface area (Å²) in [6.07, 6.45) is 0.222. The van der Waals surface area contributed by atoms with Gasteiger partial charge in [0.15, 0.2) is 0 Å². The Hall–Kier alpha value is -1.75. The normalized spacial score (nSPS) is 10.4. The van der Waals surface area contributed by atoms with Gasteiger partial charge < -0.3 is 21.1 Å². The summed E-state index contributed by atoms with van der Waals surface area (Å²) in [5.74, 6) is -0.142. The molecule has 0 bridgehead atoms. The zero-order valence-electron chi connectivity index (χ0n) is 11.1. The molecule has 18 heavy (non-hydrogen) atoms. The minimum atomic E-state index is -0.142. The molecule has 5 heteroatoms. The van der Waals surface area contributed by atoms with Crippen molar-refractivity contribution in [2.45, 2.75) is 20.0 Å². The predicted octanol–water partition coefficient (Wildman–Crippen LogP) is 1.47. The molecule has 0 aliphatic carbocycles. The zero-order chi connectivity index (χ0) is 13.5. The number of carbonyl (C=O) groups excluding carboxylic acids is 1. The van der Waals surface area contributed by atoms with Crippen molar-refractivity contribution in [3.8, 4) is 0 Å². The molecule has 100 valence electrons. The van der Waals surface area contributed by atoms with Crippen LogP contribution >= 0.6 is 0 Å². The number of hydrogen-bond donors (Lipinski definition) is 3. The Morgan fingerprint density at radius 1 is 1.44 bits per heavy atom. The summed E-state index contributed by atoms with van der Waals surface area (Å²) < 4.78 is 5.42. The number of amides is 1. The fourth-order valence-corrected chi connectivity index (χ4v) is 1.49. The smallest absolute Gasteiger partial charge is 0.251 e. The highest BCUT2D eigenvalue weighted by atomic mass is 16.5. The van der Waals surface area contributed by atoms with Crippen LogP contribution in [0.5, 0.6) is 0 Å². The molecule has 0 fully saturated rings. The maximum absolute atomic E-state index is 11.4. The van der Waals surface area contributed by atoms with Crippen LogP contribution in [0.2, 0.25) is 0 Å². The van der Waals surface area contributed by atoms with E-state index in [2.05, 4.69) is 10.6 Å². The largest absolute Gasteiger partial charge is 0.397 e. The second kappa shape index (κ2) is 6.86. The molecule has 0 aliphatic rings. The van der Waals surface area contributed by atoms with Gasteiger partial charge >= 0.3 is 0 Å². The lowest BCUT2D eigenvalue weighted by molar-refractivity contribution is 0.0870. The van der Waals surface area contributed by atoms with Gasteiger partial charge in [0.25, 0.3) is 5.91 Å². The fraction of sp³-hybridized carbons (Fsp3) is 0.462. The van der Waals surface area contributed by atoms with Crippen molar-refractivity contribution in [2.75, 3.05) is 31.2 Å². The third-order valence-corrected chi connectivity index (χ3v) is 2.41. The van der Waals surface area contributed by atoms with Gasteiger partial charge in [0.1, 0.15) is 0 Å². The summed E-state index contributed by atoms with van der Waals surface area (Å²) in [5.41, 5.74) is 7.80. The van der Waals surface area contributed by atoms with Crippen LogP contribution in [-0.2, 0) is 4.74 Å². The summed E-state index contributed by atoms with van der Waals surface area (Å²) in [5, 5.41) is 5.73. The molecule has 4 N–H and O–H groups in total. The highest BCUT2D eigenvalue weighted by Gasteiger charge is 2.06. The van der Waals surface area contributed by atoms with Crippen LogP contribution in [0.4, 0.5) is 11.4 Å². The number of rotatable bonds is 6. The van der Waals surface area contributed by atoms with Crippen LogP contribution in [-0.4, -0.2) is 32.2 Å². The minimum Gasteiger partial charge on any atom is -0.397 e. The quantitative estimate of drug-likeness (QED) is 0.528. The lowest BCUT2D eigenvalue weighted by Crippen LogP contribution is -2.18. The lowest BCUT2D eigenvalue weighted by Gasteiger charge is -2.12. The van der Waals surface area contributed by atoms with E-state index in [1.165, 1.54) is 0 Å². The first-order chi connectivity index (χ1) is 8.54. The van der Waals surface area contributed by atoms with Crippen molar-refractivity contribution < 1.29 is 9.53 Å². The molecule has 0 aliphatic heterocycles. The number of nitrogens with one attached hydrogen (secondary N) is 2. The number of nitrogen functional groups attached to an aromatic ring is 1. The molecule has 0 atom stereocenters. The highest BCUT2D eigenvalue weighted by Crippen LogP contribution is 2.19. The van der Waals surface area contributed by atoms with Gasteiger partial charge in [0.2, 0.25) is 0 Å². The molecule has 0 saturated carbocycles. The summed E-state index contributed by atoms with van der Waals surface area (Å²) in [6, 6.07) is 5.20. The van der Waals surface area contributed by atoms with E-state index in [9.17, 15) is 4.79 Å². The molecule has 0 unspecified atom stereocenters. The first-order valence-corrected chi connectivity index (χ1v) is 6.01. The molecule has 1 rings (SSSR count). The van der Waals surface area contributed by atoms with Gasteiger partial charge in [-0.15, -0.1) is 0 Å². The second-order valence-electron chi connectivity index (χ2n) is 4.23. The average Bonchev–Trinajstić information content (AvgIpc) is 2.34. The van der Waals surface area contributed by atoms with Crippen LogP contribution < -0.4 is 16.4 Å². The van der Waals surface area contributed by atoms with Gasteiger partial charge in [0.05, 0.1) is 24.1 Å². The molecule has 0 radical (unpaired) electrons. The maximum Gasteiger partial charge on any atom is 0.251 e. The van der Waals surface area contributed by atoms with E-state index in [1.807, 2.05) is 13.8 Å². The molecule has 1 amide bonds. The number of ether oxygens (including phenoxy) is 1. The van der Waals surface area contributed by atoms with Crippen LogP contribution in [0.15, 0.2) is 18.2 Å². The summed E-state index contributed by atoms with van der Waals surface area (Å²) in [4.78, 5) is 11.4. The van der Waals surface area contributed by atoms with Crippen molar-refractivity contribution in [3.05, 3.63) is 23.8 Å². The Kier molecular flexibility index (Phi) is 5.45. The van der Waals surface area contributed by atoms with Crippen LogP contribution in [0.25, 0.3) is 0 Å². The molecule has 1 aromatic carbocycles. The first-order valence-electron chi connectivity index (χ1n) is 6.01. The topological polar surface area (TPSA) is 76.4 Å². The molecule has 0 aromatic heterocycles. The molecule has 1 aromatic rings. The van der Waals surface area contributed by atoms with E-state index in [1.54, 1.807) is 25.2 Å². The molecular weight excluding hydrogens is 230 g/mol. The summed E-state index contributed by atoms with van der Waals surface area (Å²) >= 11 is 0. The number of anilines is 2. The van der Waals surface area contributed by atoms with Gasteiger partial charge in [0, 0.05) is 19.2 Å². The van der Waals surface area contributed by atoms with Crippen LogP contribution in [0.1, 0.15) is 24.2 Å². The lowest BCUT2D eigenvalue weighted by atomic mass is 10.1. The first kappa shape index (κ1) is 14.3. The van der Waals surface area contributed by atoms with E-state index in [0.717, 1.165) is 5.69 Å². The van der Waals surface area contributed by atoms with Gasteiger partial charge in [-0.1, -0.05) is 0 Å². The van der Waals surface area contributed by atoms with Crippen molar-refractivity contribution >= 4 is 17.3 Å². The SMILES string of the molecule is CNC(=O)c1ccc(NCCOC(C)C)c(N)c1. The van der Waals surface area contributed by atoms with Crippen LogP contribution in [0.3, 0.4) is 0 Å². The van der Waals surface area contributed by atoms with Gasteiger partial charge in [-0.2, -0.15) is 0 Å². The molecule has 0 spiro atoms. The number of nitrogens with two attached hydrogens (primary N) is 1. The van der Waals surface area contributed by atoms with Gasteiger partial charge in [-0.3, -0.25) is 4.79 Å². The molecular formula is C13H21N3O2. The summed E-state index contributed by atoms with van der Waals surface area (Å²) in [6.45, 7) is 5.29. The summed E-state index contributed by atoms with van der Waals surface area (Å²) in [7, 11) is 1.59. The van der Waals surface area contributed by atoms with E-state index in [0.29, 0.717) is 24.4 Å². The van der Waals surface area contributed by atoms with E-state index < -0.39 is 0 Å². The highest BCUT2D eigenvalue weighted by molar-refractivity contribution is 5.95. The van der Waals surface area contributed by atoms with Crippen molar-refractivity contribution in [1.82, 2.24) is 5.32 Å². The Bertz CT molecular complexity index is 405. The Morgan fingerprint density at radius 2 is 2.17 bits per heavy atom. The van der Waals surface area contributed by atoms with E-state index in [-0.39, 0.29) is 12.0 Å². The average molecular weight is 251 g/mol. The Balaban J connectivity index is 2.55. The van der Waals surface area contributed by atoms with Crippen LogP contribution in [0, 0.1) is 0 Å². The third-order valence-electron chi connectivity index (χ3n) is 2.41. The van der Waals surface area contributed by atoms with Gasteiger partial charge in [-0.05, 0) is 32.0 Å². The van der Waals surface area contributed by atoms with Crippen molar-refractivity contribution in [2.24, 2.45) is 0 Å².